The van der Waals surface area contributed by atoms with Crippen molar-refractivity contribution in [3.05, 3.63) is 101 Å². The first kappa shape index (κ1) is 25.2. The molecule has 186 valence electrons. The zero-order chi connectivity index (χ0) is 25.7. The minimum Gasteiger partial charge on any atom is -0.347 e. The molecule has 0 bridgehead atoms. The van der Waals surface area contributed by atoms with E-state index in [4.69, 9.17) is 0 Å². The Morgan fingerprint density at radius 3 is 2.25 bits per heavy atom. The molecular weight excluding hydrogens is 446 g/mol. The number of anilines is 1. The Hall–Kier alpha value is -3.86. The quantitative estimate of drug-likeness (QED) is 0.287. The summed E-state index contributed by atoms with van der Waals surface area (Å²) in [6, 6.07) is 25.4. The molecule has 36 heavy (non-hydrogen) atoms. The van der Waals surface area contributed by atoms with E-state index in [0.29, 0.717) is 23.5 Å². The van der Waals surface area contributed by atoms with E-state index < -0.39 is 0 Å². The minimum atomic E-state index is -0.152. The number of aromatic nitrogens is 1. The fourth-order valence-electron chi connectivity index (χ4n) is 4.29. The van der Waals surface area contributed by atoms with Gasteiger partial charge in [-0.1, -0.05) is 76.6 Å². The zero-order valence-electron chi connectivity index (χ0n) is 21.6. The summed E-state index contributed by atoms with van der Waals surface area (Å²) in [6.07, 6.45) is 2.01. The van der Waals surface area contributed by atoms with Crippen LogP contribution < -0.4 is 10.6 Å². The summed E-state index contributed by atoms with van der Waals surface area (Å²) >= 11 is 0. The first-order chi connectivity index (χ1) is 17.3. The van der Waals surface area contributed by atoms with Crippen molar-refractivity contribution < 1.29 is 9.59 Å². The number of amides is 2. The van der Waals surface area contributed by atoms with Crippen LogP contribution in [0.1, 0.15) is 72.5 Å². The summed E-state index contributed by atoms with van der Waals surface area (Å²) in [5.74, 6) is -0.253. The number of unbranched alkanes of at least 4 members (excludes halogenated alkanes) is 1. The standard InChI is InChI=1S/C31H35N3O2/c1-5-6-18-34-27-17-16-26(33-29(35)23-12-14-25(15-13-23)31(2,3)4)19-24(27)20-28(34)30(36)32-21-22-10-8-7-9-11-22/h7-17,19-20H,5-6,18,21H2,1-4H3,(H,32,36)(H,33,35). The third kappa shape index (κ3) is 5.85. The molecule has 1 heterocycles. The number of carbonyl (C=O) groups is 2. The SMILES string of the molecule is CCCCn1c(C(=O)NCc2ccccc2)cc2cc(NC(=O)c3ccc(C(C)(C)C)cc3)ccc21. The van der Waals surface area contributed by atoms with Crippen molar-refractivity contribution in [1.29, 1.82) is 0 Å². The molecule has 0 unspecified atom stereocenters. The average Bonchev–Trinajstić information content (AvgIpc) is 3.24. The molecule has 0 fully saturated rings. The van der Waals surface area contributed by atoms with Crippen molar-refractivity contribution in [2.24, 2.45) is 0 Å². The Balaban J connectivity index is 1.55. The fourth-order valence-corrected chi connectivity index (χ4v) is 4.29. The molecule has 4 rings (SSSR count). The normalized spacial score (nSPS) is 11.4. The van der Waals surface area contributed by atoms with Crippen molar-refractivity contribution in [2.45, 2.75) is 59.0 Å². The zero-order valence-corrected chi connectivity index (χ0v) is 21.6. The molecule has 0 aliphatic heterocycles. The van der Waals surface area contributed by atoms with Crippen LogP contribution in [0.25, 0.3) is 10.9 Å². The summed E-state index contributed by atoms with van der Waals surface area (Å²) < 4.78 is 2.08. The summed E-state index contributed by atoms with van der Waals surface area (Å²) in [5.41, 5.74) is 5.22. The number of fused-ring (bicyclic) bond motifs is 1. The van der Waals surface area contributed by atoms with Gasteiger partial charge in [-0.05, 0) is 59.4 Å². The molecular formula is C31H35N3O2. The van der Waals surface area contributed by atoms with Crippen LogP contribution in [0.3, 0.4) is 0 Å². The second-order valence-corrected chi connectivity index (χ2v) is 10.3. The molecule has 3 aromatic carbocycles. The van der Waals surface area contributed by atoms with E-state index in [1.165, 1.54) is 5.56 Å². The highest BCUT2D eigenvalue weighted by Crippen LogP contribution is 2.26. The highest BCUT2D eigenvalue weighted by atomic mass is 16.2. The summed E-state index contributed by atoms with van der Waals surface area (Å²) in [5, 5.41) is 6.98. The minimum absolute atomic E-state index is 0.0378. The topological polar surface area (TPSA) is 63.1 Å². The second kappa shape index (κ2) is 10.8. The van der Waals surface area contributed by atoms with Gasteiger partial charge in [0.05, 0.1) is 0 Å². The number of hydrogen-bond acceptors (Lipinski definition) is 2. The molecule has 0 atom stereocenters. The average molecular weight is 482 g/mol. The number of nitrogens with zero attached hydrogens (tertiary/aromatic N) is 1. The van der Waals surface area contributed by atoms with E-state index in [9.17, 15) is 9.59 Å². The van der Waals surface area contributed by atoms with Gasteiger partial charge in [0.25, 0.3) is 11.8 Å². The molecule has 0 saturated carbocycles. The Morgan fingerprint density at radius 2 is 1.58 bits per heavy atom. The molecule has 2 amide bonds. The van der Waals surface area contributed by atoms with E-state index >= 15 is 0 Å². The van der Waals surface area contributed by atoms with Gasteiger partial charge in [0.2, 0.25) is 0 Å². The predicted molar refractivity (Wildman–Crippen MR) is 148 cm³/mol. The molecule has 0 aliphatic rings. The van der Waals surface area contributed by atoms with E-state index in [2.05, 4.69) is 42.9 Å². The lowest BCUT2D eigenvalue weighted by Crippen LogP contribution is -2.25. The highest BCUT2D eigenvalue weighted by Gasteiger charge is 2.17. The molecule has 5 nitrogen and oxygen atoms in total. The Morgan fingerprint density at radius 1 is 0.861 bits per heavy atom. The van der Waals surface area contributed by atoms with Gasteiger partial charge in [-0.15, -0.1) is 0 Å². The van der Waals surface area contributed by atoms with E-state index in [1.54, 1.807) is 0 Å². The van der Waals surface area contributed by atoms with Gasteiger partial charge in [-0.25, -0.2) is 0 Å². The fraction of sp³-hybridized carbons (Fsp3) is 0.290. The van der Waals surface area contributed by atoms with Crippen LogP contribution in [0.5, 0.6) is 0 Å². The smallest absolute Gasteiger partial charge is 0.268 e. The van der Waals surface area contributed by atoms with Crippen LogP contribution >= 0.6 is 0 Å². The molecule has 5 heteroatoms. The first-order valence-corrected chi connectivity index (χ1v) is 12.6. The summed E-state index contributed by atoms with van der Waals surface area (Å²) in [7, 11) is 0. The van der Waals surface area contributed by atoms with Crippen LogP contribution in [-0.2, 0) is 18.5 Å². The van der Waals surface area contributed by atoms with Gasteiger partial charge in [-0.2, -0.15) is 0 Å². The maximum absolute atomic E-state index is 13.1. The van der Waals surface area contributed by atoms with Crippen molar-refractivity contribution in [2.75, 3.05) is 5.32 Å². The predicted octanol–water partition coefficient (Wildman–Crippen LogP) is 6.92. The van der Waals surface area contributed by atoms with Crippen LogP contribution in [0.2, 0.25) is 0 Å². The number of aryl methyl sites for hydroxylation is 1. The van der Waals surface area contributed by atoms with Gasteiger partial charge in [-0.3, -0.25) is 9.59 Å². The van der Waals surface area contributed by atoms with Crippen molar-refractivity contribution in [3.63, 3.8) is 0 Å². The molecule has 0 saturated heterocycles. The summed E-state index contributed by atoms with van der Waals surface area (Å²) in [6.45, 7) is 9.84. The van der Waals surface area contributed by atoms with Gasteiger partial charge in [0, 0.05) is 35.2 Å². The molecule has 0 spiro atoms. The van der Waals surface area contributed by atoms with E-state index in [-0.39, 0.29) is 17.2 Å². The Bertz CT molecular complexity index is 1350. The van der Waals surface area contributed by atoms with Gasteiger partial charge in [0.1, 0.15) is 5.69 Å². The van der Waals surface area contributed by atoms with E-state index in [0.717, 1.165) is 35.9 Å². The molecule has 0 aliphatic carbocycles. The highest BCUT2D eigenvalue weighted by molar-refractivity contribution is 6.06. The lowest BCUT2D eigenvalue weighted by Gasteiger charge is -2.19. The van der Waals surface area contributed by atoms with E-state index in [1.807, 2.05) is 78.9 Å². The number of nitrogens with one attached hydrogen (secondary N) is 2. The third-order valence-corrected chi connectivity index (χ3v) is 6.44. The number of benzene rings is 3. The van der Waals surface area contributed by atoms with Gasteiger partial charge < -0.3 is 15.2 Å². The second-order valence-electron chi connectivity index (χ2n) is 10.3. The van der Waals surface area contributed by atoms with Crippen LogP contribution in [0.4, 0.5) is 5.69 Å². The van der Waals surface area contributed by atoms with Crippen LogP contribution in [-0.4, -0.2) is 16.4 Å². The third-order valence-electron chi connectivity index (χ3n) is 6.44. The maximum atomic E-state index is 13.1. The lowest BCUT2D eigenvalue weighted by atomic mass is 9.87. The Kier molecular flexibility index (Phi) is 7.58. The van der Waals surface area contributed by atoms with Crippen molar-refractivity contribution >= 4 is 28.4 Å². The summed E-state index contributed by atoms with van der Waals surface area (Å²) in [4.78, 5) is 26.0. The molecule has 1 aromatic heterocycles. The molecule has 0 radical (unpaired) electrons. The first-order valence-electron chi connectivity index (χ1n) is 12.6. The maximum Gasteiger partial charge on any atom is 0.268 e. The van der Waals surface area contributed by atoms with Gasteiger partial charge in [0.15, 0.2) is 0 Å². The number of hydrogen-bond donors (Lipinski definition) is 2. The van der Waals surface area contributed by atoms with Crippen molar-refractivity contribution in [3.8, 4) is 0 Å². The Labute approximate surface area is 213 Å². The monoisotopic (exact) mass is 481 g/mol. The number of rotatable bonds is 8. The van der Waals surface area contributed by atoms with Crippen LogP contribution in [0, 0.1) is 0 Å². The lowest BCUT2D eigenvalue weighted by molar-refractivity contribution is 0.0941. The molecule has 2 N–H and O–H groups in total. The van der Waals surface area contributed by atoms with Crippen molar-refractivity contribution in [1.82, 2.24) is 9.88 Å². The molecule has 4 aromatic rings. The van der Waals surface area contributed by atoms with Gasteiger partial charge >= 0.3 is 0 Å². The van der Waals surface area contributed by atoms with Crippen LogP contribution in [0.15, 0.2) is 78.9 Å². The largest absolute Gasteiger partial charge is 0.347 e. The number of carbonyl (C=O) groups excluding carboxylic acids is 2.